The molecule has 1 saturated heterocycles. The molecule has 0 radical (unpaired) electrons. The molecule has 2 aromatic rings. The van der Waals surface area contributed by atoms with Gasteiger partial charge in [0, 0.05) is 6.54 Å². The highest BCUT2D eigenvalue weighted by Gasteiger charge is 2.17. The van der Waals surface area contributed by atoms with E-state index in [-0.39, 0.29) is 0 Å². The lowest BCUT2D eigenvalue weighted by molar-refractivity contribution is 0.104. The lowest BCUT2D eigenvalue weighted by Crippen LogP contribution is -2.13. The molecule has 5 nitrogen and oxygen atoms in total. The van der Waals surface area contributed by atoms with Gasteiger partial charge in [-0.3, -0.25) is 0 Å². The topological polar surface area (TPSA) is 52.0 Å². The van der Waals surface area contributed by atoms with E-state index in [2.05, 4.69) is 27.8 Å². The van der Waals surface area contributed by atoms with E-state index >= 15 is 0 Å². The van der Waals surface area contributed by atoms with Crippen LogP contribution >= 0.6 is 0 Å². The van der Waals surface area contributed by atoms with Crippen molar-refractivity contribution in [2.75, 3.05) is 13.1 Å². The molecule has 1 aromatic carbocycles. The third-order valence-electron chi connectivity index (χ3n) is 3.33. The molecule has 5 heteroatoms. The van der Waals surface area contributed by atoms with E-state index in [0.29, 0.717) is 19.3 Å². The third-order valence-corrected chi connectivity index (χ3v) is 3.33. The lowest BCUT2D eigenvalue weighted by atomic mass is 10.2. The molecule has 0 aliphatic carbocycles. The Balaban J connectivity index is 1.50. The van der Waals surface area contributed by atoms with Gasteiger partial charge in [0.2, 0.25) is 0 Å². The first kappa shape index (κ1) is 12.3. The normalized spacial score (nSPS) is 18.8. The summed E-state index contributed by atoms with van der Waals surface area (Å²) in [6, 6.07) is 10.6. The maximum atomic E-state index is 5.65. The van der Waals surface area contributed by atoms with Gasteiger partial charge in [0.25, 0.3) is 0 Å². The third kappa shape index (κ3) is 3.19. The number of nitrogens with zero attached hydrogens (tertiary/aromatic N) is 3. The van der Waals surface area contributed by atoms with Crippen molar-refractivity contribution >= 4 is 0 Å². The van der Waals surface area contributed by atoms with E-state index in [9.17, 15) is 0 Å². The van der Waals surface area contributed by atoms with Gasteiger partial charge < -0.3 is 10.1 Å². The fourth-order valence-corrected chi connectivity index (χ4v) is 2.27. The SMILES string of the molecule is c1ccc(COCc2cn(C3CCNC3)nn2)cc1. The van der Waals surface area contributed by atoms with Crippen molar-refractivity contribution in [1.82, 2.24) is 20.3 Å². The fraction of sp³-hybridized carbons (Fsp3) is 0.429. The summed E-state index contributed by atoms with van der Waals surface area (Å²) in [7, 11) is 0. The first-order valence-electron chi connectivity index (χ1n) is 6.65. The van der Waals surface area contributed by atoms with Crippen LogP contribution in [-0.2, 0) is 18.0 Å². The molecular weight excluding hydrogens is 240 g/mol. The molecule has 1 atom stereocenters. The lowest BCUT2D eigenvalue weighted by Gasteiger charge is -2.06. The smallest absolute Gasteiger partial charge is 0.108 e. The first-order valence-corrected chi connectivity index (χ1v) is 6.65. The van der Waals surface area contributed by atoms with Gasteiger partial charge in [-0.2, -0.15) is 0 Å². The molecule has 100 valence electrons. The predicted octanol–water partition coefficient (Wildman–Crippen LogP) is 1.53. The predicted molar refractivity (Wildman–Crippen MR) is 71.5 cm³/mol. The Kier molecular flexibility index (Phi) is 3.86. The van der Waals surface area contributed by atoms with E-state index in [4.69, 9.17) is 4.74 Å². The molecule has 0 amide bonds. The number of ether oxygens (including phenoxy) is 1. The Morgan fingerprint density at radius 1 is 1.26 bits per heavy atom. The zero-order valence-corrected chi connectivity index (χ0v) is 10.8. The summed E-state index contributed by atoms with van der Waals surface area (Å²) < 4.78 is 7.60. The van der Waals surface area contributed by atoms with Crippen LogP contribution in [0.5, 0.6) is 0 Å². The van der Waals surface area contributed by atoms with Crippen molar-refractivity contribution in [1.29, 1.82) is 0 Å². The number of nitrogens with one attached hydrogen (secondary N) is 1. The fourth-order valence-electron chi connectivity index (χ4n) is 2.27. The number of aromatic nitrogens is 3. The average molecular weight is 258 g/mol. The molecule has 3 rings (SSSR count). The van der Waals surface area contributed by atoms with Gasteiger partial charge in [0.15, 0.2) is 0 Å². The van der Waals surface area contributed by atoms with Crippen LogP contribution in [0.25, 0.3) is 0 Å². The highest BCUT2D eigenvalue weighted by atomic mass is 16.5. The Hall–Kier alpha value is -1.72. The molecule has 1 aliphatic rings. The zero-order valence-electron chi connectivity index (χ0n) is 10.8. The Morgan fingerprint density at radius 2 is 2.16 bits per heavy atom. The summed E-state index contributed by atoms with van der Waals surface area (Å²) in [5.41, 5.74) is 2.07. The molecule has 0 spiro atoms. The van der Waals surface area contributed by atoms with Gasteiger partial charge in [-0.05, 0) is 18.5 Å². The standard InChI is InChI=1S/C14H18N4O/c1-2-4-12(5-3-1)10-19-11-13-9-18(17-16-13)14-6-7-15-8-14/h1-5,9,14-15H,6-8,10-11H2. The summed E-state index contributed by atoms with van der Waals surface area (Å²) in [6.07, 6.45) is 3.11. The van der Waals surface area contributed by atoms with E-state index < -0.39 is 0 Å². The highest BCUT2D eigenvalue weighted by molar-refractivity contribution is 5.13. The summed E-state index contributed by atoms with van der Waals surface area (Å²) in [4.78, 5) is 0. The van der Waals surface area contributed by atoms with Crippen LogP contribution in [0.15, 0.2) is 36.5 Å². The minimum Gasteiger partial charge on any atom is -0.370 e. The van der Waals surface area contributed by atoms with Gasteiger partial charge >= 0.3 is 0 Å². The molecule has 1 aromatic heterocycles. The van der Waals surface area contributed by atoms with Crippen LogP contribution in [-0.4, -0.2) is 28.1 Å². The second-order valence-corrected chi connectivity index (χ2v) is 4.81. The zero-order chi connectivity index (χ0) is 12.9. The molecule has 0 bridgehead atoms. The van der Waals surface area contributed by atoms with Gasteiger partial charge in [0.1, 0.15) is 5.69 Å². The van der Waals surface area contributed by atoms with Gasteiger partial charge in [-0.1, -0.05) is 35.5 Å². The Bertz CT molecular complexity index is 505. The number of rotatable bonds is 5. The van der Waals surface area contributed by atoms with Gasteiger partial charge in [-0.15, -0.1) is 5.10 Å². The number of hydrogen-bond acceptors (Lipinski definition) is 4. The molecule has 1 N–H and O–H groups in total. The minimum absolute atomic E-state index is 0.440. The summed E-state index contributed by atoms with van der Waals surface area (Å²) >= 11 is 0. The van der Waals surface area contributed by atoms with Crippen LogP contribution in [0.2, 0.25) is 0 Å². The van der Waals surface area contributed by atoms with E-state index in [1.165, 1.54) is 5.56 Å². The second kappa shape index (κ2) is 5.95. The van der Waals surface area contributed by atoms with Gasteiger partial charge in [0.05, 0.1) is 25.5 Å². The van der Waals surface area contributed by atoms with Crippen LogP contribution in [0.1, 0.15) is 23.7 Å². The van der Waals surface area contributed by atoms with Crippen LogP contribution in [0.3, 0.4) is 0 Å². The van der Waals surface area contributed by atoms with Crippen molar-refractivity contribution in [3.8, 4) is 0 Å². The number of benzene rings is 1. The monoisotopic (exact) mass is 258 g/mol. The Labute approximate surface area is 112 Å². The molecule has 2 heterocycles. The second-order valence-electron chi connectivity index (χ2n) is 4.81. The maximum absolute atomic E-state index is 5.65. The van der Waals surface area contributed by atoms with Crippen molar-refractivity contribution in [3.05, 3.63) is 47.8 Å². The van der Waals surface area contributed by atoms with Gasteiger partial charge in [-0.25, -0.2) is 4.68 Å². The van der Waals surface area contributed by atoms with E-state index in [0.717, 1.165) is 25.2 Å². The van der Waals surface area contributed by atoms with Crippen LogP contribution in [0.4, 0.5) is 0 Å². The summed E-state index contributed by atoms with van der Waals surface area (Å²) in [5, 5.41) is 11.6. The maximum Gasteiger partial charge on any atom is 0.108 e. The van der Waals surface area contributed by atoms with Crippen molar-refractivity contribution in [2.45, 2.75) is 25.7 Å². The molecule has 1 aliphatic heterocycles. The van der Waals surface area contributed by atoms with Crippen LogP contribution < -0.4 is 5.32 Å². The summed E-state index contributed by atoms with van der Waals surface area (Å²) in [5.74, 6) is 0. The molecular formula is C14H18N4O. The highest BCUT2D eigenvalue weighted by Crippen LogP contribution is 2.13. The Morgan fingerprint density at radius 3 is 2.95 bits per heavy atom. The minimum atomic E-state index is 0.440. The molecule has 1 fully saturated rings. The van der Waals surface area contributed by atoms with E-state index in [1.807, 2.05) is 29.1 Å². The van der Waals surface area contributed by atoms with E-state index in [1.54, 1.807) is 0 Å². The number of hydrogen-bond donors (Lipinski definition) is 1. The van der Waals surface area contributed by atoms with Crippen molar-refractivity contribution in [3.63, 3.8) is 0 Å². The molecule has 19 heavy (non-hydrogen) atoms. The average Bonchev–Trinajstić information content (AvgIpc) is 3.10. The quantitative estimate of drug-likeness (QED) is 0.883. The van der Waals surface area contributed by atoms with Crippen molar-refractivity contribution in [2.24, 2.45) is 0 Å². The molecule has 0 saturated carbocycles. The van der Waals surface area contributed by atoms with Crippen molar-refractivity contribution < 1.29 is 4.74 Å². The van der Waals surface area contributed by atoms with Crippen LogP contribution in [0, 0.1) is 0 Å². The first-order chi connectivity index (χ1) is 9.42. The summed E-state index contributed by atoms with van der Waals surface area (Å²) in [6.45, 7) is 3.16. The molecule has 1 unspecified atom stereocenters. The largest absolute Gasteiger partial charge is 0.370 e.